The summed E-state index contributed by atoms with van der Waals surface area (Å²) in [6.07, 6.45) is -0.974. The number of rotatable bonds is 10. The SMILES string of the molecule is CCC(C)(C)N(C(=O)C(CC(N)=O)NC(=O)OC(C)(C)C)C(C(=O)Nc1ccccc1C)c1ccc(O)cc1. The predicted molar refractivity (Wildman–Crippen MR) is 149 cm³/mol. The van der Waals surface area contributed by atoms with Crippen LogP contribution in [0.2, 0.25) is 0 Å². The molecule has 0 saturated heterocycles. The van der Waals surface area contributed by atoms with Crippen LogP contribution < -0.4 is 16.4 Å². The number of aromatic hydroxyl groups is 1. The Morgan fingerprint density at radius 3 is 2.10 bits per heavy atom. The van der Waals surface area contributed by atoms with Crippen molar-refractivity contribution < 1.29 is 29.0 Å². The minimum atomic E-state index is -1.39. The Bertz CT molecular complexity index is 1190. The van der Waals surface area contributed by atoms with E-state index >= 15 is 0 Å². The zero-order valence-corrected chi connectivity index (χ0v) is 23.7. The first kappa shape index (κ1) is 31.1. The monoisotopic (exact) mass is 540 g/mol. The number of hydrogen-bond donors (Lipinski definition) is 4. The fraction of sp³-hybridized carbons (Fsp3) is 0.448. The number of amides is 4. The molecular formula is C29H40N4O6. The lowest BCUT2D eigenvalue weighted by Crippen LogP contribution is -2.59. The van der Waals surface area contributed by atoms with E-state index in [1.807, 2.05) is 26.0 Å². The highest BCUT2D eigenvalue weighted by molar-refractivity contribution is 6.00. The molecule has 2 aromatic rings. The molecule has 0 aliphatic carbocycles. The summed E-state index contributed by atoms with van der Waals surface area (Å²) in [5, 5.41) is 15.3. The maximum atomic E-state index is 14.2. The van der Waals surface area contributed by atoms with Crippen LogP contribution >= 0.6 is 0 Å². The zero-order valence-electron chi connectivity index (χ0n) is 23.7. The summed E-state index contributed by atoms with van der Waals surface area (Å²) in [4.78, 5) is 54.1. The second-order valence-electron chi connectivity index (χ2n) is 11.0. The lowest BCUT2D eigenvalue weighted by atomic mass is 9.91. The zero-order chi connectivity index (χ0) is 29.5. The van der Waals surface area contributed by atoms with Gasteiger partial charge < -0.3 is 31.1 Å². The Kier molecular flexibility index (Phi) is 10.1. The van der Waals surface area contributed by atoms with E-state index in [-0.39, 0.29) is 5.75 Å². The van der Waals surface area contributed by atoms with Gasteiger partial charge in [-0.2, -0.15) is 0 Å². The average Bonchev–Trinajstić information content (AvgIpc) is 2.82. The first-order valence-corrected chi connectivity index (χ1v) is 12.8. The van der Waals surface area contributed by atoms with Crippen LogP contribution in [0.5, 0.6) is 5.75 Å². The van der Waals surface area contributed by atoms with Gasteiger partial charge in [0.1, 0.15) is 23.4 Å². The largest absolute Gasteiger partial charge is 0.508 e. The molecule has 0 heterocycles. The van der Waals surface area contributed by atoms with Crippen molar-refractivity contribution in [3.8, 4) is 5.75 Å². The van der Waals surface area contributed by atoms with E-state index in [0.717, 1.165) is 5.56 Å². The molecule has 10 heteroatoms. The van der Waals surface area contributed by atoms with Crippen molar-refractivity contribution in [2.45, 2.75) is 84.5 Å². The molecule has 0 radical (unpaired) electrons. The van der Waals surface area contributed by atoms with Gasteiger partial charge in [-0.05, 0) is 77.3 Å². The number of alkyl carbamates (subject to hydrolysis) is 1. The quantitative estimate of drug-likeness (QED) is 0.355. The van der Waals surface area contributed by atoms with Crippen molar-refractivity contribution in [2.24, 2.45) is 5.73 Å². The number of phenols is 1. The van der Waals surface area contributed by atoms with Crippen molar-refractivity contribution in [1.82, 2.24) is 10.2 Å². The number of benzene rings is 2. The van der Waals surface area contributed by atoms with Crippen LogP contribution in [0.15, 0.2) is 48.5 Å². The number of nitrogens with zero attached hydrogens (tertiary/aromatic N) is 1. The maximum absolute atomic E-state index is 14.2. The molecule has 212 valence electrons. The van der Waals surface area contributed by atoms with E-state index < -0.39 is 53.5 Å². The molecule has 0 aliphatic heterocycles. The molecule has 2 aromatic carbocycles. The van der Waals surface area contributed by atoms with Crippen molar-refractivity contribution in [3.05, 3.63) is 59.7 Å². The Hall–Kier alpha value is -4.08. The molecule has 0 saturated carbocycles. The molecule has 0 aromatic heterocycles. The molecule has 0 bridgehead atoms. The summed E-state index contributed by atoms with van der Waals surface area (Å²) in [6, 6.07) is 10.6. The van der Waals surface area contributed by atoms with Gasteiger partial charge in [-0.25, -0.2) is 4.79 Å². The number of carbonyl (C=O) groups excluding carboxylic acids is 4. The minimum Gasteiger partial charge on any atom is -0.508 e. The number of carbonyl (C=O) groups is 4. The van der Waals surface area contributed by atoms with Crippen LogP contribution in [0, 0.1) is 6.92 Å². The third-order valence-electron chi connectivity index (χ3n) is 6.27. The normalized spacial score (nSPS) is 13.1. The Balaban J connectivity index is 2.64. The van der Waals surface area contributed by atoms with Crippen molar-refractivity contribution >= 4 is 29.5 Å². The summed E-state index contributed by atoms with van der Waals surface area (Å²) in [7, 11) is 0. The van der Waals surface area contributed by atoms with Crippen LogP contribution in [0.25, 0.3) is 0 Å². The second-order valence-corrected chi connectivity index (χ2v) is 11.0. The topological polar surface area (TPSA) is 151 Å². The predicted octanol–water partition coefficient (Wildman–Crippen LogP) is 4.17. The number of aryl methyl sites for hydroxylation is 1. The van der Waals surface area contributed by atoms with E-state index in [0.29, 0.717) is 17.7 Å². The van der Waals surface area contributed by atoms with Crippen LogP contribution in [-0.4, -0.2) is 51.0 Å². The molecule has 2 unspecified atom stereocenters. The van der Waals surface area contributed by atoms with Gasteiger partial charge in [0.25, 0.3) is 5.91 Å². The first-order chi connectivity index (χ1) is 18.1. The van der Waals surface area contributed by atoms with Gasteiger partial charge in [-0.1, -0.05) is 37.3 Å². The third kappa shape index (κ3) is 8.73. The van der Waals surface area contributed by atoms with Crippen LogP contribution in [0.1, 0.15) is 71.6 Å². The number of para-hydroxylation sites is 1. The molecule has 10 nitrogen and oxygen atoms in total. The Morgan fingerprint density at radius 2 is 1.59 bits per heavy atom. The molecule has 5 N–H and O–H groups in total. The van der Waals surface area contributed by atoms with E-state index in [2.05, 4.69) is 10.6 Å². The standard InChI is InChI=1S/C29H40N4O6/c1-8-29(6,7)33(26(37)22(17-23(30)35)32-27(38)39-28(3,4)5)24(19-13-15-20(34)16-14-19)25(36)31-21-12-10-9-11-18(21)2/h9-16,22,24,34H,8,17H2,1-7H3,(H2,30,35)(H,31,36)(H,32,38). The number of phenolic OH excluding ortho intramolecular Hbond substituents is 1. The van der Waals surface area contributed by atoms with Gasteiger partial charge >= 0.3 is 6.09 Å². The van der Waals surface area contributed by atoms with E-state index in [4.69, 9.17) is 10.5 Å². The average molecular weight is 541 g/mol. The highest BCUT2D eigenvalue weighted by Crippen LogP contribution is 2.34. The number of nitrogens with two attached hydrogens (primary N) is 1. The van der Waals surface area contributed by atoms with Crippen LogP contribution in [-0.2, 0) is 19.1 Å². The molecule has 0 spiro atoms. The van der Waals surface area contributed by atoms with Gasteiger partial charge in [0.05, 0.1) is 6.42 Å². The Morgan fingerprint density at radius 1 is 1.00 bits per heavy atom. The molecule has 0 aliphatic rings. The first-order valence-electron chi connectivity index (χ1n) is 12.8. The molecule has 0 fully saturated rings. The van der Waals surface area contributed by atoms with Crippen molar-refractivity contribution in [2.75, 3.05) is 5.32 Å². The smallest absolute Gasteiger partial charge is 0.408 e. The third-order valence-corrected chi connectivity index (χ3v) is 6.27. The highest BCUT2D eigenvalue weighted by atomic mass is 16.6. The fourth-order valence-corrected chi connectivity index (χ4v) is 3.95. The number of nitrogens with one attached hydrogen (secondary N) is 2. The van der Waals surface area contributed by atoms with Crippen molar-refractivity contribution in [3.63, 3.8) is 0 Å². The van der Waals surface area contributed by atoms with E-state index in [1.54, 1.807) is 58.9 Å². The number of anilines is 1. The van der Waals surface area contributed by atoms with Gasteiger partial charge in [-0.15, -0.1) is 0 Å². The van der Waals surface area contributed by atoms with Gasteiger partial charge in [0, 0.05) is 11.2 Å². The number of hydrogen-bond acceptors (Lipinski definition) is 6. The molecule has 4 amide bonds. The maximum Gasteiger partial charge on any atom is 0.408 e. The van der Waals surface area contributed by atoms with Crippen molar-refractivity contribution in [1.29, 1.82) is 0 Å². The molecular weight excluding hydrogens is 500 g/mol. The molecule has 2 rings (SSSR count). The molecule has 39 heavy (non-hydrogen) atoms. The highest BCUT2D eigenvalue weighted by Gasteiger charge is 2.43. The van der Waals surface area contributed by atoms with E-state index in [9.17, 15) is 24.3 Å². The fourth-order valence-electron chi connectivity index (χ4n) is 3.95. The summed E-state index contributed by atoms with van der Waals surface area (Å²) >= 11 is 0. The molecule has 2 atom stereocenters. The van der Waals surface area contributed by atoms with Gasteiger partial charge in [-0.3, -0.25) is 14.4 Å². The summed E-state index contributed by atoms with van der Waals surface area (Å²) in [6.45, 7) is 12.3. The summed E-state index contributed by atoms with van der Waals surface area (Å²) in [5.74, 6) is -2.03. The number of ether oxygens (including phenoxy) is 1. The van der Waals surface area contributed by atoms with Crippen LogP contribution in [0.3, 0.4) is 0 Å². The lowest BCUT2D eigenvalue weighted by Gasteiger charge is -2.44. The van der Waals surface area contributed by atoms with Gasteiger partial charge in [0.2, 0.25) is 11.8 Å². The minimum absolute atomic E-state index is 0.0114. The summed E-state index contributed by atoms with van der Waals surface area (Å²) < 4.78 is 5.31. The summed E-state index contributed by atoms with van der Waals surface area (Å²) in [5.41, 5.74) is 5.48. The second kappa shape index (κ2) is 12.6. The van der Waals surface area contributed by atoms with E-state index in [1.165, 1.54) is 17.0 Å². The number of primary amides is 1. The lowest BCUT2D eigenvalue weighted by molar-refractivity contribution is -0.148. The van der Waals surface area contributed by atoms with Gasteiger partial charge in [0.15, 0.2) is 0 Å². The Labute approximate surface area is 229 Å². The van der Waals surface area contributed by atoms with Crippen LogP contribution in [0.4, 0.5) is 10.5 Å².